The van der Waals surface area contributed by atoms with Gasteiger partial charge in [0, 0.05) is 25.7 Å². The first-order valence-corrected chi connectivity index (χ1v) is 47.5. The number of aliphatic hydroxyl groups is 1. The molecule has 17 nitrogen and oxygen atoms in total. The molecule has 624 valence electrons. The van der Waals surface area contributed by atoms with Crippen LogP contribution in [0.2, 0.25) is 0 Å². The van der Waals surface area contributed by atoms with E-state index in [-0.39, 0.29) is 25.7 Å². The molecule has 0 spiro atoms. The van der Waals surface area contributed by atoms with E-state index in [0.717, 1.165) is 102 Å². The van der Waals surface area contributed by atoms with Gasteiger partial charge in [-0.3, -0.25) is 37.3 Å². The predicted octanol–water partition coefficient (Wildman–Crippen LogP) is 26.2. The van der Waals surface area contributed by atoms with E-state index in [4.69, 9.17) is 37.0 Å². The lowest BCUT2D eigenvalue weighted by atomic mass is 10.0. The van der Waals surface area contributed by atoms with E-state index in [1.54, 1.807) is 0 Å². The summed E-state index contributed by atoms with van der Waals surface area (Å²) in [6.07, 6.45) is 69.4. The second kappa shape index (κ2) is 77.4. The summed E-state index contributed by atoms with van der Waals surface area (Å²) in [5.41, 5.74) is 0. The number of ether oxygens (including phenoxy) is 4. The van der Waals surface area contributed by atoms with Crippen LogP contribution in [0.4, 0.5) is 0 Å². The van der Waals surface area contributed by atoms with E-state index in [9.17, 15) is 43.2 Å². The van der Waals surface area contributed by atoms with Crippen molar-refractivity contribution < 1.29 is 80.2 Å². The van der Waals surface area contributed by atoms with Crippen LogP contribution in [0.15, 0.2) is 0 Å². The molecule has 19 heteroatoms. The molecule has 0 aromatic rings. The third kappa shape index (κ3) is 79.9. The number of rotatable bonds is 85. The zero-order chi connectivity index (χ0) is 77.1. The zero-order valence-electron chi connectivity index (χ0n) is 69.0. The summed E-state index contributed by atoms with van der Waals surface area (Å²) in [6, 6.07) is 0. The van der Waals surface area contributed by atoms with Gasteiger partial charge in [-0.25, -0.2) is 9.13 Å². The molecule has 0 aliphatic heterocycles. The molecule has 0 rings (SSSR count). The zero-order valence-corrected chi connectivity index (χ0v) is 70.8. The highest BCUT2D eigenvalue weighted by molar-refractivity contribution is 7.47. The van der Waals surface area contributed by atoms with Gasteiger partial charge in [0.05, 0.1) is 26.4 Å². The average Bonchev–Trinajstić information content (AvgIpc) is 0.918. The minimum atomic E-state index is -4.97. The number of hydrogen-bond donors (Lipinski definition) is 3. The molecule has 0 saturated carbocycles. The fourth-order valence-corrected chi connectivity index (χ4v) is 15.0. The SMILES string of the molecule is CCCCCCCCCCCCCCCCCCCCCCCC(=O)O[C@H](COC(=O)CCCCCCCCCCCCCCCCC(C)C)COP(=O)(O)OC[C@@H](O)COP(=O)(O)OC[C@@H](COC(=O)CCCCCCCCCCCC)OC(=O)CCCCCCCCCCCCCCCCC(C)C. The lowest BCUT2D eigenvalue weighted by Crippen LogP contribution is -2.30. The standard InChI is InChI=1S/C86H168O17P2/c1-7-9-11-13-15-17-19-20-21-22-23-24-25-26-27-35-40-46-52-58-64-70-85(90)103-82(75-97-84(89)69-63-57-51-45-39-34-30-28-32-37-42-48-54-60-66-78(3)4)77-101-105(94,95)99-73-80(87)72-98-104(92,93)100-76-81(74-96-83(88)68-62-56-50-44-18-16-14-12-10-8-2)102-86(91)71-65-59-53-47-41-36-31-29-33-38-43-49-55-61-67-79(5)6/h78-82,87H,7-77H2,1-6H3,(H,92,93)(H,94,95)/t80-,81+,82+/m0/s1. The summed E-state index contributed by atoms with van der Waals surface area (Å²) in [6.45, 7) is 9.71. The Balaban J connectivity index is 5.22. The summed E-state index contributed by atoms with van der Waals surface area (Å²) >= 11 is 0. The summed E-state index contributed by atoms with van der Waals surface area (Å²) in [5, 5.41) is 10.7. The van der Waals surface area contributed by atoms with Crippen LogP contribution in [0.5, 0.6) is 0 Å². The fraction of sp³-hybridized carbons (Fsp3) is 0.953. The molecule has 0 heterocycles. The molecule has 0 fully saturated rings. The number of carbonyl (C=O) groups is 4. The van der Waals surface area contributed by atoms with Gasteiger partial charge in [0.2, 0.25) is 0 Å². The third-order valence-electron chi connectivity index (χ3n) is 20.2. The Labute approximate surface area is 645 Å². The van der Waals surface area contributed by atoms with E-state index in [2.05, 4.69) is 41.5 Å². The Bertz CT molecular complexity index is 2010. The number of esters is 4. The number of aliphatic hydroxyl groups excluding tert-OH is 1. The van der Waals surface area contributed by atoms with Gasteiger partial charge in [-0.15, -0.1) is 0 Å². The van der Waals surface area contributed by atoms with Gasteiger partial charge in [-0.05, 0) is 37.5 Å². The molecule has 0 aliphatic carbocycles. The molecular formula is C86H168O17P2. The van der Waals surface area contributed by atoms with Gasteiger partial charge in [0.25, 0.3) is 0 Å². The molecular weight excluding hydrogens is 1370 g/mol. The normalized spacial score (nSPS) is 13.8. The van der Waals surface area contributed by atoms with Crippen molar-refractivity contribution in [2.75, 3.05) is 39.6 Å². The number of carbonyl (C=O) groups excluding carboxylic acids is 4. The second-order valence-corrected chi connectivity index (χ2v) is 34.8. The lowest BCUT2D eigenvalue weighted by molar-refractivity contribution is -0.161. The first-order chi connectivity index (χ1) is 50.9. The van der Waals surface area contributed by atoms with Gasteiger partial charge in [-0.2, -0.15) is 0 Å². The fourth-order valence-electron chi connectivity index (χ4n) is 13.4. The Morgan fingerprint density at radius 1 is 0.257 bits per heavy atom. The van der Waals surface area contributed by atoms with E-state index in [1.165, 1.54) is 276 Å². The Hall–Kier alpha value is -1.94. The molecule has 0 aromatic carbocycles. The van der Waals surface area contributed by atoms with Crippen molar-refractivity contribution in [3.05, 3.63) is 0 Å². The minimum Gasteiger partial charge on any atom is -0.462 e. The van der Waals surface area contributed by atoms with Crippen molar-refractivity contribution in [2.24, 2.45) is 11.8 Å². The van der Waals surface area contributed by atoms with E-state index >= 15 is 0 Å². The van der Waals surface area contributed by atoms with Crippen molar-refractivity contribution >= 4 is 39.5 Å². The number of phosphoric ester groups is 2. The Morgan fingerprint density at radius 2 is 0.438 bits per heavy atom. The Kier molecular flexibility index (Phi) is 76.0. The van der Waals surface area contributed by atoms with Gasteiger partial charge < -0.3 is 33.8 Å². The summed E-state index contributed by atoms with van der Waals surface area (Å²) in [4.78, 5) is 73.2. The van der Waals surface area contributed by atoms with Crippen LogP contribution in [-0.2, 0) is 65.4 Å². The van der Waals surface area contributed by atoms with E-state index in [1.807, 2.05) is 0 Å². The van der Waals surface area contributed by atoms with Crippen molar-refractivity contribution in [1.29, 1.82) is 0 Å². The highest BCUT2D eigenvalue weighted by Gasteiger charge is 2.30. The lowest BCUT2D eigenvalue weighted by Gasteiger charge is -2.21. The van der Waals surface area contributed by atoms with Crippen LogP contribution in [0.25, 0.3) is 0 Å². The summed E-state index contributed by atoms with van der Waals surface area (Å²) < 4.78 is 68.9. The highest BCUT2D eigenvalue weighted by atomic mass is 31.2. The van der Waals surface area contributed by atoms with Gasteiger partial charge in [0.1, 0.15) is 19.3 Å². The first kappa shape index (κ1) is 103. The maximum atomic E-state index is 13.1. The van der Waals surface area contributed by atoms with Crippen LogP contribution >= 0.6 is 15.6 Å². The van der Waals surface area contributed by atoms with Crippen molar-refractivity contribution in [1.82, 2.24) is 0 Å². The number of hydrogen-bond acceptors (Lipinski definition) is 15. The molecule has 5 atom stereocenters. The molecule has 0 aromatic heterocycles. The average molecular weight is 1540 g/mol. The highest BCUT2D eigenvalue weighted by Crippen LogP contribution is 2.45. The quantitative estimate of drug-likeness (QED) is 0.0222. The smallest absolute Gasteiger partial charge is 0.462 e. The third-order valence-corrected chi connectivity index (χ3v) is 22.1. The van der Waals surface area contributed by atoms with Gasteiger partial charge >= 0.3 is 39.5 Å². The molecule has 0 saturated heterocycles. The molecule has 105 heavy (non-hydrogen) atoms. The van der Waals surface area contributed by atoms with Crippen LogP contribution < -0.4 is 0 Å². The minimum absolute atomic E-state index is 0.108. The van der Waals surface area contributed by atoms with Gasteiger partial charge in [0.15, 0.2) is 12.2 Å². The van der Waals surface area contributed by atoms with Crippen molar-refractivity contribution in [3.63, 3.8) is 0 Å². The van der Waals surface area contributed by atoms with Gasteiger partial charge in [-0.1, -0.05) is 408 Å². The molecule has 3 N–H and O–H groups in total. The van der Waals surface area contributed by atoms with E-state index in [0.29, 0.717) is 25.7 Å². The van der Waals surface area contributed by atoms with Crippen LogP contribution in [-0.4, -0.2) is 96.7 Å². The van der Waals surface area contributed by atoms with E-state index < -0.39 is 97.5 Å². The van der Waals surface area contributed by atoms with Crippen LogP contribution in [0.3, 0.4) is 0 Å². The molecule has 0 bridgehead atoms. The van der Waals surface area contributed by atoms with Crippen LogP contribution in [0.1, 0.15) is 459 Å². The topological polar surface area (TPSA) is 237 Å². The number of unbranched alkanes of at least 4 members (excludes halogenated alkanes) is 55. The summed E-state index contributed by atoms with van der Waals surface area (Å²) in [5.74, 6) is -0.508. The maximum absolute atomic E-state index is 13.1. The second-order valence-electron chi connectivity index (χ2n) is 31.9. The monoisotopic (exact) mass is 1540 g/mol. The van der Waals surface area contributed by atoms with Crippen molar-refractivity contribution in [3.8, 4) is 0 Å². The van der Waals surface area contributed by atoms with Crippen molar-refractivity contribution in [2.45, 2.75) is 477 Å². The molecule has 2 unspecified atom stereocenters. The molecule has 0 aliphatic rings. The van der Waals surface area contributed by atoms with Crippen LogP contribution in [0, 0.1) is 11.8 Å². The predicted molar refractivity (Wildman–Crippen MR) is 432 cm³/mol. The molecule has 0 radical (unpaired) electrons. The first-order valence-electron chi connectivity index (χ1n) is 44.5. The molecule has 0 amide bonds. The number of phosphoric acid groups is 2. The largest absolute Gasteiger partial charge is 0.472 e. The summed E-state index contributed by atoms with van der Waals surface area (Å²) in [7, 11) is -9.93. The maximum Gasteiger partial charge on any atom is 0.472 e. The Morgan fingerprint density at radius 3 is 0.648 bits per heavy atom.